The maximum Gasteiger partial charge on any atom is 0.231 e. The van der Waals surface area contributed by atoms with Crippen molar-refractivity contribution in [3.05, 3.63) is 34.4 Å². The molecule has 2 aromatic rings. The molecule has 4 heteroatoms. The summed E-state index contributed by atoms with van der Waals surface area (Å²) in [6.45, 7) is 0.252. The van der Waals surface area contributed by atoms with Crippen LogP contribution >= 0.6 is 11.6 Å². The number of rotatable bonds is 0. The second-order valence-electron chi connectivity index (χ2n) is 6.28. The molecule has 0 aromatic heterocycles. The first kappa shape index (κ1) is 12.8. The summed E-state index contributed by atoms with van der Waals surface area (Å²) in [7, 11) is 0. The molecule has 5 rings (SSSR count). The van der Waals surface area contributed by atoms with Crippen molar-refractivity contribution in [1.82, 2.24) is 0 Å². The van der Waals surface area contributed by atoms with Crippen molar-refractivity contribution in [1.29, 1.82) is 0 Å². The number of alkyl halides is 1. The number of hydrogen-bond donors (Lipinski definition) is 0. The molecular weight excluding hydrogens is 300 g/mol. The summed E-state index contributed by atoms with van der Waals surface area (Å²) in [5, 5.41) is 1.68. The number of fused-ring (bicyclic) bond motifs is 7. The van der Waals surface area contributed by atoms with E-state index in [4.69, 9.17) is 21.1 Å². The van der Waals surface area contributed by atoms with E-state index in [0.29, 0.717) is 0 Å². The second-order valence-corrected chi connectivity index (χ2v) is 6.72. The van der Waals surface area contributed by atoms with Gasteiger partial charge in [0.1, 0.15) is 5.38 Å². The molecule has 3 nitrogen and oxygen atoms in total. The highest BCUT2D eigenvalue weighted by molar-refractivity contribution is 6.41. The lowest BCUT2D eigenvalue weighted by atomic mass is 9.75. The Labute approximate surface area is 133 Å². The first-order chi connectivity index (χ1) is 10.8. The predicted octanol–water partition coefficient (Wildman–Crippen LogP) is 4.31. The van der Waals surface area contributed by atoms with Crippen LogP contribution in [0, 0.1) is 0 Å². The Morgan fingerprint density at radius 3 is 2.41 bits per heavy atom. The molecule has 0 spiro atoms. The molecule has 2 aromatic carbocycles. The molecule has 0 radical (unpaired) electrons. The van der Waals surface area contributed by atoms with Crippen molar-refractivity contribution in [3.8, 4) is 11.5 Å². The van der Waals surface area contributed by atoms with Gasteiger partial charge in [-0.15, -0.1) is 11.6 Å². The van der Waals surface area contributed by atoms with Crippen LogP contribution in [0.25, 0.3) is 10.8 Å². The van der Waals surface area contributed by atoms with Crippen LogP contribution in [0.5, 0.6) is 11.5 Å². The van der Waals surface area contributed by atoms with Gasteiger partial charge in [-0.1, -0.05) is 6.42 Å². The molecule has 1 heterocycles. The number of benzene rings is 2. The molecule has 3 aliphatic rings. The van der Waals surface area contributed by atoms with E-state index < -0.39 is 5.38 Å². The SMILES string of the molecule is O=C1c2c(c3c(c4cc5c(cc24)OCO5)CCCCC3)C1Cl. The fourth-order valence-electron chi connectivity index (χ4n) is 4.10. The Morgan fingerprint density at radius 2 is 1.64 bits per heavy atom. The number of carbonyl (C=O) groups is 1. The summed E-state index contributed by atoms with van der Waals surface area (Å²) in [5.41, 5.74) is 4.57. The van der Waals surface area contributed by atoms with Crippen LogP contribution in [-0.2, 0) is 12.8 Å². The summed E-state index contributed by atoms with van der Waals surface area (Å²) in [6, 6.07) is 4.01. The summed E-state index contributed by atoms with van der Waals surface area (Å²) >= 11 is 6.33. The van der Waals surface area contributed by atoms with Crippen LogP contribution in [0.2, 0.25) is 0 Å². The van der Waals surface area contributed by atoms with Gasteiger partial charge in [0.15, 0.2) is 17.3 Å². The van der Waals surface area contributed by atoms with Gasteiger partial charge in [-0.25, -0.2) is 0 Å². The zero-order chi connectivity index (χ0) is 14.8. The minimum atomic E-state index is -0.461. The summed E-state index contributed by atoms with van der Waals surface area (Å²) in [4.78, 5) is 12.3. The van der Waals surface area contributed by atoms with Gasteiger partial charge in [-0.3, -0.25) is 4.79 Å². The number of carbonyl (C=O) groups excluding carboxylic acids is 1. The average molecular weight is 315 g/mol. The van der Waals surface area contributed by atoms with Crippen molar-refractivity contribution in [2.45, 2.75) is 37.5 Å². The van der Waals surface area contributed by atoms with E-state index in [1.807, 2.05) is 6.07 Å². The molecule has 22 heavy (non-hydrogen) atoms. The topological polar surface area (TPSA) is 35.5 Å². The third kappa shape index (κ3) is 1.50. The molecule has 1 atom stereocenters. The van der Waals surface area contributed by atoms with E-state index in [0.717, 1.165) is 46.2 Å². The molecule has 2 aliphatic carbocycles. The fraction of sp³-hybridized carbons (Fsp3) is 0.389. The quantitative estimate of drug-likeness (QED) is 0.537. The molecule has 0 saturated carbocycles. The molecule has 0 bridgehead atoms. The highest BCUT2D eigenvalue weighted by atomic mass is 35.5. The number of hydrogen-bond acceptors (Lipinski definition) is 3. The standard InChI is InChI=1S/C18H15ClO3/c19-17-15-10-5-3-1-2-4-9(10)11-6-13-14(22-8-21-13)7-12(11)16(15)18(17)20/h6-7,17H,1-5,8H2. The minimum absolute atomic E-state index is 0.0487. The van der Waals surface area contributed by atoms with Crippen LogP contribution < -0.4 is 9.47 Å². The van der Waals surface area contributed by atoms with Crippen molar-refractivity contribution < 1.29 is 14.3 Å². The third-order valence-corrected chi connectivity index (χ3v) is 5.57. The molecular formula is C18H15ClO3. The van der Waals surface area contributed by atoms with Crippen LogP contribution in [0.4, 0.5) is 0 Å². The van der Waals surface area contributed by atoms with Gasteiger partial charge in [0.2, 0.25) is 6.79 Å². The Morgan fingerprint density at radius 1 is 0.955 bits per heavy atom. The van der Waals surface area contributed by atoms with Crippen LogP contribution in [0.3, 0.4) is 0 Å². The lowest BCUT2D eigenvalue weighted by molar-refractivity contribution is 0.0962. The summed E-state index contributed by atoms with van der Waals surface area (Å²) in [5.74, 6) is 1.56. The average Bonchev–Trinajstić information content (AvgIpc) is 2.85. The van der Waals surface area contributed by atoms with Gasteiger partial charge < -0.3 is 9.47 Å². The Kier molecular flexibility index (Phi) is 2.55. The molecule has 1 unspecified atom stereocenters. The Balaban J connectivity index is 1.91. The zero-order valence-corrected chi connectivity index (χ0v) is 12.8. The normalized spacial score (nSPS) is 22.0. The highest BCUT2D eigenvalue weighted by Gasteiger charge is 2.40. The first-order valence-electron chi connectivity index (χ1n) is 7.85. The number of ether oxygens (including phenoxy) is 2. The van der Waals surface area contributed by atoms with Crippen molar-refractivity contribution in [2.24, 2.45) is 0 Å². The second kappa shape index (κ2) is 4.39. The van der Waals surface area contributed by atoms with Gasteiger partial charge in [-0.05, 0) is 65.3 Å². The number of ketones is 1. The number of Topliss-reactive ketones (excluding diaryl/α,β-unsaturated/α-hetero) is 1. The Bertz CT molecular complexity index is 840. The van der Waals surface area contributed by atoms with E-state index >= 15 is 0 Å². The van der Waals surface area contributed by atoms with Crippen molar-refractivity contribution in [2.75, 3.05) is 6.79 Å². The molecule has 112 valence electrons. The predicted molar refractivity (Wildman–Crippen MR) is 84.3 cm³/mol. The Hall–Kier alpha value is -1.74. The van der Waals surface area contributed by atoms with E-state index in [1.54, 1.807) is 0 Å². The van der Waals surface area contributed by atoms with Gasteiger partial charge >= 0.3 is 0 Å². The minimum Gasteiger partial charge on any atom is -0.454 e. The van der Waals surface area contributed by atoms with E-state index in [2.05, 4.69) is 6.07 Å². The first-order valence-corrected chi connectivity index (χ1v) is 8.28. The largest absolute Gasteiger partial charge is 0.454 e. The van der Waals surface area contributed by atoms with Crippen LogP contribution in [0.15, 0.2) is 12.1 Å². The van der Waals surface area contributed by atoms with Crippen LogP contribution in [0.1, 0.15) is 51.7 Å². The summed E-state index contributed by atoms with van der Waals surface area (Å²) in [6.07, 6.45) is 5.68. The summed E-state index contributed by atoms with van der Waals surface area (Å²) < 4.78 is 11.0. The maximum absolute atomic E-state index is 12.3. The fourth-order valence-corrected chi connectivity index (χ4v) is 4.45. The molecule has 0 saturated heterocycles. The highest BCUT2D eigenvalue weighted by Crippen LogP contribution is 2.50. The van der Waals surface area contributed by atoms with Gasteiger partial charge in [0, 0.05) is 5.56 Å². The van der Waals surface area contributed by atoms with Gasteiger partial charge in [0.05, 0.1) is 0 Å². The molecule has 0 amide bonds. The van der Waals surface area contributed by atoms with Gasteiger partial charge in [0.25, 0.3) is 0 Å². The third-order valence-electron chi connectivity index (χ3n) is 5.15. The van der Waals surface area contributed by atoms with E-state index in [9.17, 15) is 4.79 Å². The maximum atomic E-state index is 12.3. The van der Waals surface area contributed by atoms with E-state index in [-0.39, 0.29) is 12.6 Å². The van der Waals surface area contributed by atoms with Crippen molar-refractivity contribution >= 4 is 28.2 Å². The number of aryl methyl sites for hydroxylation is 1. The van der Waals surface area contributed by atoms with Crippen LogP contribution in [-0.4, -0.2) is 12.6 Å². The zero-order valence-electron chi connectivity index (χ0n) is 12.1. The van der Waals surface area contributed by atoms with Gasteiger partial charge in [-0.2, -0.15) is 0 Å². The molecule has 0 N–H and O–H groups in total. The van der Waals surface area contributed by atoms with E-state index in [1.165, 1.54) is 30.4 Å². The smallest absolute Gasteiger partial charge is 0.231 e. The molecule has 1 aliphatic heterocycles. The van der Waals surface area contributed by atoms with Crippen molar-refractivity contribution in [3.63, 3.8) is 0 Å². The number of halogens is 1. The lowest BCUT2D eigenvalue weighted by Crippen LogP contribution is -2.26. The monoisotopic (exact) mass is 314 g/mol. The lowest BCUT2D eigenvalue weighted by Gasteiger charge is -2.30. The molecule has 0 fully saturated rings.